The van der Waals surface area contributed by atoms with Crippen molar-refractivity contribution >= 4 is 27.9 Å². The van der Waals surface area contributed by atoms with E-state index >= 15 is 0 Å². The van der Waals surface area contributed by atoms with Crippen LogP contribution in [-0.4, -0.2) is 26.0 Å². The van der Waals surface area contributed by atoms with Crippen LogP contribution in [0.4, 0.5) is 5.69 Å². The Morgan fingerprint density at radius 3 is 2.69 bits per heavy atom. The highest BCUT2D eigenvalue weighted by molar-refractivity contribution is 7.91. The first-order valence-electron chi connectivity index (χ1n) is 5.09. The number of halogens is 1. The Hall–Kier alpha value is -0.740. The molecule has 1 unspecified atom stereocenters. The summed E-state index contributed by atoms with van der Waals surface area (Å²) in [6, 6.07) is 8.08. The summed E-state index contributed by atoms with van der Waals surface area (Å²) in [5.41, 5.74) is 2.19. The van der Waals surface area contributed by atoms with Gasteiger partial charge in [0.25, 0.3) is 0 Å². The fourth-order valence-corrected chi connectivity index (χ4v) is 3.55. The lowest BCUT2D eigenvalue weighted by Crippen LogP contribution is -2.20. The molecule has 0 saturated carbocycles. The van der Waals surface area contributed by atoms with Crippen LogP contribution in [-0.2, 0) is 9.84 Å². The number of sulfone groups is 1. The molecule has 0 spiro atoms. The minimum atomic E-state index is -2.79. The maximum absolute atomic E-state index is 11.3. The maximum Gasteiger partial charge on any atom is 0.152 e. The highest BCUT2D eigenvalue weighted by Gasteiger charge is 2.27. The molecule has 1 aromatic rings. The Morgan fingerprint density at radius 1 is 1.38 bits per heavy atom. The average molecular weight is 262 g/mol. The summed E-state index contributed by atoms with van der Waals surface area (Å²) in [6.45, 7) is 2.02. The molecule has 1 N–H and O–H groups in total. The highest BCUT2D eigenvalue weighted by Crippen LogP contribution is 2.18. The molecule has 1 atom stereocenters. The van der Waals surface area contributed by atoms with E-state index in [1.165, 1.54) is 5.56 Å². The molecule has 3 nitrogen and oxygen atoms in total. The van der Waals surface area contributed by atoms with Crippen molar-refractivity contribution in [3.05, 3.63) is 29.8 Å². The van der Waals surface area contributed by atoms with Crippen molar-refractivity contribution < 1.29 is 8.42 Å². The fourth-order valence-electron chi connectivity index (χ4n) is 1.88. The monoisotopic (exact) mass is 261 g/mol. The van der Waals surface area contributed by atoms with Crippen molar-refractivity contribution in [3.8, 4) is 0 Å². The predicted molar refractivity (Wildman–Crippen MR) is 69.1 cm³/mol. The van der Waals surface area contributed by atoms with Crippen LogP contribution in [0.1, 0.15) is 12.0 Å². The van der Waals surface area contributed by atoms with Crippen LogP contribution in [0.3, 0.4) is 0 Å². The molecule has 0 amide bonds. The van der Waals surface area contributed by atoms with Crippen LogP contribution >= 0.6 is 12.4 Å². The molecule has 1 aliphatic heterocycles. The lowest BCUT2D eigenvalue weighted by molar-refractivity contribution is 0.602. The van der Waals surface area contributed by atoms with Crippen LogP contribution in [0.25, 0.3) is 0 Å². The number of benzene rings is 1. The van der Waals surface area contributed by atoms with E-state index in [2.05, 4.69) is 5.32 Å². The van der Waals surface area contributed by atoms with Gasteiger partial charge >= 0.3 is 0 Å². The van der Waals surface area contributed by atoms with Crippen LogP contribution in [0.15, 0.2) is 24.3 Å². The van der Waals surface area contributed by atoms with Gasteiger partial charge in [0.2, 0.25) is 0 Å². The molecule has 0 aromatic heterocycles. The molecule has 1 saturated heterocycles. The summed E-state index contributed by atoms with van der Waals surface area (Å²) in [6.07, 6.45) is 0.719. The summed E-state index contributed by atoms with van der Waals surface area (Å²) in [4.78, 5) is 0. The number of nitrogens with one attached hydrogen (secondary N) is 1. The van der Waals surface area contributed by atoms with E-state index in [9.17, 15) is 8.42 Å². The van der Waals surface area contributed by atoms with Crippen molar-refractivity contribution in [1.82, 2.24) is 0 Å². The second kappa shape index (κ2) is 5.06. The number of anilines is 1. The van der Waals surface area contributed by atoms with E-state index in [1.54, 1.807) is 0 Å². The second-order valence-electron chi connectivity index (χ2n) is 4.11. The third-order valence-electron chi connectivity index (χ3n) is 2.62. The van der Waals surface area contributed by atoms with Crippen LogP contribution in [0, 0.1) is 6.92 Å². The van der Waals surface area contributed by atoms with Gasteiger partial charge in [0.15, 0.2) is 9.84 Å². The molecule has 1 aromatic carbocycles. The van der Waals surface area contributed by atoms with E-state index in [-0.39, 0.29) is 24.2 Å². The smallest absolute Gasteiger partial charge is 0.152 e. The lowest BCUT2D eigenvalue weighted by Gasteiger charge is -2.12. The zero-order chi connectivity index (χ0) is 10.9. The summed E-state index contributed by atoms with van der Waals surface area (Å²) in [5.74, 6) is 0.581. The van der Waals surface area contributed by atoms with E-state index in [1.807, 2.05) is 31.2 Å². The van der Waals surface area contributed by atoms with Crippen LogP contribution < -0.4 is 5.32 Å². The average Bonchev–Trinajstić information content (AvgIpc) is 2.45. The van der Waals surface area contributed by atoms with Gasteiger partial charge in [-0.3, -0.25) is 0 Å². The summed E-state index contributed by atoms with van der Waals surface area (Å²) in [7, 11) is -2.79. The zero-order valence-electron chi connectivity index (χ0n) is 9.14. The van der Waals surface area contributed by atoms with Crippen LogP contribution in [0.2, 0.25) is 0 Å². The van der Waals surface area contributed by atoms with Crippen molar-refractivity contribution in [2.45, 2.75) is 19.4 Å². The molecule has 2 rings (SSSR count). The maximum atomic E-state index is 11.3. The van der Waals surface area contributed by atoms with Gasteiger partial charge in [-0.15, -0.1) is 12.4 Å². The quantitative estimate of drug-likeness (QED) is 0.886. The van der Waals surface area contributed by atoms with Gasteiger partial charge in [-0.2, -0.15) is 0 Å². The molecule has 1 aliphatic rings. The van der Waals surface area contributed by atoms with Gasteiger partial charge in [0, 0.05) is 11.7 Å². The highest BCUT2D eigenvalue weighted by atomic mass is 35.5. The molecule has 0 bridgehead atoms. The topological polar surface area (TPSA) is 46.2 Å². The van der Waals surface area contributed by atoms with Gasteiger partial charge in [0.05, 0.1) is 11.5 Å². The SMILES string of the molecule is Cc1cccc(NC2CCS(=O)(=O)C2)c1.Cl. The Bertz CT molecular complexity index is 459. The minimum Gasteiger partial charge on any atom is -0.381 e. The van der Waals surface area contributed by atoms with E-state index in [4.69, 9.17) is 0 Å². The fraction of sp³-hybridized carbons (Fsp3) is 0.455. The molecule has 5 heteroatoms. The lowest BCUT2D eigenvalue weighted by atomic mass is 10.2. The standard InChI is InChI=1S/C11H15NO2S.ClH/c1-9-3-2-4-10(7-9)12-11-5-6-15(13,14)8-11;/h2-4,7,11-12H,5-6,8H2,1H3;1H. The van der Waals surface area contributed by atoms with E-state index in [0.717, 1.165) is 12.1 Å². The molecule has 16 heavy (non-hydrogen) atoms. The first-order chi connectivity index (χ1) is 7.05. The van der Waals surface area contributed by atoms with Gasteiger partial charge in [-0.1, -0.05) is 12.1 Å². The Labute approximate surface area is 103 Å². The van der Waals surface area contributed by atoms with Gasteiger partial charge in [-0.05, 0) is 31.0 Å². The largest absolute Gasteiger partial charge is 0.381 e. The van der Waals surface area contributed by atoms with Gasteiger partial charge in [0.1, 0.15) is 0 Å². The number of aryl methyl sites for hydroxylation is 1. The Kier molecular flexibility index (Phi) is 4.21. The zero-order valence-corrected chi connectivity index (χ0v) is 10.8. The minimum absolute atomic E-state index is 0. The second-order valence-corrected chi connectivity index (χ2v) is 6.34. The van der Waals surface area contributed by atoms with Crippen molar-refractivity contribution in [3.63, 3.8) is 0 Å². The third kappa shape index (κ3) is 3.39. The summed E-state index contributed by atoms with van der Waals surface area (Å²) >= 11 is 0. The van der Waals surface area contributed by atoms with E-state index in [0.29, 0.717) is 5.75 Å². The molecule has 1 heterocycles. The van der Waals surface area contributed by atoms with Gasteiger partial charge < -0.3 is 5.32 Å². The summed E-state index contributed by atoms with van der Waals surface area (Å²) in [5, 5.41) is 3.26. The Balaban J connectivity index is 0.00000128. The summed E-state index contributed by atoms with van der Waals surface area (Å²) < 4.78 is 22.5. The third-order valence-corrected chi connectivity index (χ3v) is 4.39. The molecule has 1 fully saturated rings. The number of hydrogen-bond donors (Lipinski definition) is 1. The molecule has 0 radical (unpaired) electrons. The normalized spacial score (nSPS) is 22.4. The molecular weight excluding hydrogens is 246 g/mol. The van der Waals surface area contributed by atoms with Crippen molar-refractivity contribution in [2.75, 3.05) is 16.8 Å². The first kappa shape index (κ1) is 13.3. The number of rotatable bonds is 2. The van der Waals surface area contributed by atoms with Crippen LogP contribution in [0.5, 0.6) is 0 Å². The van der Waals surface area contributed by atoms with Crippen molar-refractivity contribution in [1.29, 1.82) is 0 Å². The number of hydrogen-bond acceptors (Lipinski definition) is 3. The molecule has 90 valence electrons. The van der Waals surface area contributed by atoms with Crippen molar-refractivity contribution in [2.24, 2.45) is 0 Å². The molecule has 0 aliphatic carbocycles. The van der Waals surface area contributed by atoms with Gasteiger partial charge in [-0.25, -0.2) is 8.42 Å². The predicted octanol–water partition coefficient (Wildman–Crippen LogP) is 2.02. The first-order valence-corrected chi connectivity index (χ1v) is 6.91. The Morgan fingerprint density at radius 2 is 2.12 bits per heavy atom. The molecular formula is C11H16ClNO2S. The van der Waals surface area contributed by atoms with E-state index < -0.39 is 9.84 Å².